The lowest BCUT2D eigenvalue weighted by molar-refractivity contribution is 0.0697. The Bertz CT molecular complexity index is 450. The number of nitrogens with zero attached hydrogens (tertiary/aromatic N) is 1. The Hall–Kier alpha value is -1.84. The minimum Gasteiger partial charge on any atom is -0.478 e. The maximum absolute atomic E-state index is 10.8. The first kappa shape index (κ1) is 11.2. The third kappa shape index (κ3) is 2.15. The van der Waals surface area contributed by atoms with Crippen molar-refractivity contribution >= 4 is 18.6 Å². The first-order chi connectivity index (χ1) is 6.97. The van der Waals surface area contributed by atoms with Crippen LogP contribution >= 0.6 is 0 Å². The summed E-state index contributed by atoms with van der Waals surface area (Å²) >= 11 is 0. The Morgan fingerprint density at radius 3 is 2.47 bits per heavy atom. The number of carbonyl (C=O) groups is 1. The maximum Gasteiger partial charge on any atom is 0.489 e. The summed E-state index contributed by atoms with van der Waals surface area (Å²) < 4.78 is 0. The van der Waals surface area contributed by atoms with E-state index < -0.39 is 13.1 Å². The largest absolute Gasteiger partial charge is 0.489 e. The van der Waals surface area contributed by atoms with Crippen LogP contribution in [0.5, 0.6) is 0 Å². The third-order valence-corrected chi connectivity index (χ3v) is 1.93. The fourth-order valence-corrected chi connectivity index (χ4v) is 1.34. The number of hydrogen-bond donors (Lipinski definition) is 3. The zero-order valence-corrected chi connectivity index (χ0v) is 7.93. The molecule has 0 aliphatic carbocycles. The third-order valence-electron chi connectivity index (χ3n) is 1.93. The molecular weight excluding hydrogens is 197 g/mol. The Morgan fingerprint density at radius 2 is 2.07 bits per heavy atom. The van der Waals surface area contributed by atoms with E-state index >= 15 is 0 Å². The van der Waals surface area contributed by atoms with E-state index in [4.69, 9.17) is 20.4 Å². The minimum absolute atomic E-state index is 0.0781. The van der Waals surface area contributed by atoms with Gasteiger partial charge in [0.25, 0.3) is 0 Å². The van der Waals surface area contributed by atoms with E-state index in [1.54, 1.807) is 13.0 Å². The van der Waals surface area contributed by atoms with Crippen molar-refractivity contribution in [2.45, 2.75) is 6.92 Å². The van der Waals surface area contributed by atoms with Gasteiger partial charge in [0.05, 0.1) is 11.1 Å². The molecule has 0 fully saturated rings. The van der Waals surface area contributed by atoms with Crippen LogP contribution in [-0.2, 0) is 0 Å². The molecule has 0 bridgehead atoms. The number of hydrogen-bond acceptors (Lipinski definition) is 4. The van der Waals surface area contributed by atoms with Gasteiger partial charge in [0.2, 0.25) is 0 Å². The minimum atomic E-state index is -1.90. The van der Waals surface area contributed by atoms with Gasteiger partial charge in [-0.15, -0.1) is 0 Å². The summed E-state index contributed by atoms with van der Waals surface area (Å²) in [6, 6.07) is 4.42. The van der Waals surface area contributed by atoms with Crippen molar-refractivity contribution in [1.82, 2.24) is 0 Å². The second-order valence-electron chi connectivity index (χ2n) is 3.07. The van der Waals surface area contributed by atoms with Crippen LogP contribution < -0.4 is 5.46 Å². The SMILES string of the molecule is Cc1cc(C#N)c(C(=O)O)c(B(O)O)c1. The smallest absolute Gasteiger partial charge is 0.478 e. The van der Waals surface area contributed by atoms with Crippen LogP contribution in [0.15, 0.2) is 12.1 Å². The lowest BCUT2D eigenvalue weighted by Crippen LogP contribution is -2.35. The molecular formula is C9H8BNO4. The average molecular weight is 205 g/mol. The summed E-state index contributed by atoms with van der Waals surface area (Å²) in [7, 11) is -1.90. The van der Waals surface area contributed by atoms with E-state index in [0.29, 0.717) is 5.56 Å². The fourth-order valence-electron chi connectivity index (χ4n) is 1.34. The van der Waals surface area contributed by atoms with Gasteiger partial charge in [-0.2, -0.15) is 5.26 Å². The highest BCUT2D eigenvalue weighted by atomic mass is 16.4. The molecule has 0 atom stereocenters. The van der Waals surface area contributed by atoms with Gasteiger partial charge in [-0.3, -0.25) is 0 Å². The maximum atomic E-state index is 10.8. The number of benzene rings is 1. The zero-order valence-electron chi connectivity index (χ0n) is 7.93. The van der Waals surface area contributed by atoms with Crippen LogP contribution in [0.1, 0.15) is 21.5 Å². The van der Waals surface area contributed by atoms with E-state index in [0.717, 1.165) is 0 Å². The second kappa shape index (κ2) is 4.13. The molecule has 15 heavy (non-hydrogen) atoms. The highest BCUT2D eigenvalue weighted by molar-refractivity contribution is 6.60. The predicted octanol–water partition coefficient (Wildman–Crippen LogP) is -0.755. The number of carboxylic acid groups (broad SMARTS) is 1. The van der Waals surface area contributed by atoms with Gasteiger partial charge in [-0.1, -0.05) is 11.6 Å². The van der Waals surface area contributed by atoms with E-state index in [-0.39, 0.29) is 16.6 Å². The molecule has 1 rings (SSSR count). The van der Waals surface area contributed by atoms with Gasteiger partial charge in [0.15, 0.2) is 0 Å². The molecule has 76 valence electrons. The molecule has 6 heteroatoms. The van der Waals surface area contributed by atoms with Crippen molar-refractivity contribution in [1.29, 1.82) is 5.26 Å². The van der Waals surface area contributed by atoms with Gasteiger partial charge in [-0.05, 0) is 18.5 Å². The van der Waals surface area contributed by atoms with Crippen LogP contribution in [0, 0.1) is 18.3 Å². The summed E-state index contributed by atoms with van der Waals surface area (Å²) in [6.07, 6.45) is 0. The molecule has 0 aliphatic heterocycles. The van der Waals surface area contributed by atoms with E-state index in [1.165, 1.54) is 12.1 Å². The molecule has 0 heterocycles. The standard InChI is InChI=1S/C9H8BNO4/c1-5-2-6(4-11)8(9(12)13)7(3-5)10(14)15/h2-3,14-15H,1H3,(H,12,13). The second-order valence-corrected chi connectivity index (χ2v) is 3.07. The molecule has 1 aromatic carbocycles. The highest BCUT2D eigenvalue weighted by Gasteiger charge is 2.23. The van der Waals surface area contributed by atoms with Crippen LogP contribution in [0.3, 0.4) is 0 Å². The van der Waals surface area contributed by atoms with Crippen LogP contribution in [0.4, 0.5) is 0 Å². The van der Waals surface area contributed by atoms with Crippen molar-refractivity contribution in [2.75, 3.05) is 0 Å². The Labute approximate surface area is 86.4 Å². The first-order valence-corrected chi connectivity index (χ1v) is 4.11. The topological polar surface area (TPSA) is 102 Å². The van der Waals surface area contributed by atoms with Gasteiger partial charge < -0.3 is 15.2 Å². The molecule has 0 saturated carbocycles. The predicted molar refractivity (Wildman–Crippen MR) is 52.7 cm³/mol. The molecule has 5 nitrogen and oxygen atoms in total. The molecule has 0 aliphatic rings. The monoisotopic (exact) mass is 205 g/mol. The summed E-state index contributed by atoms with van der Waals surface area (Å²) in [6.45, 7) is 1.64. The number of aromatic carboxylic acids is 1. The quantitative estimate of drug-likeness (QED) is 0.551. The van der Waals surface area contributed by atoms with E-state index in [2.05, 4.69) is 0 Å². The van der Waals surface area contributed by atoms with E-state index in [1.807, 2.05) is 0 Å². The van der Waals surface area contributed by atoms with Crippen LogP contribution in [0.25, 0.3) is 0 Å². The number of carboxylic acids is 1. The fraction of sp³-hybridized carbons (Fsp3) is 0.111. The molecule has 0 amide bonds. The van der Waals surface area contributed by atoms with E-state index in [9.17, 15) is 4.79 Å². The van der Waals surface area contributed by atoms with Crippen molar-refractivity contribution in [3.05, 3.63) is 28.8 Å². The van der Waals surface area contributed by atoms with Gasteiger partial charge in [-0.25, -0.2) is 4.79 Å². The summed E-state index contributed by atoms with van der Waals surface area (Å²) in [5, 5.41) is 35.5. The van der Waals surface area contributed by atoms with Gasteiger partial charge in [0.1, 0.15) is 6.07 Å². The van der Waals surface area contributed by atoms with Crippen LogP contribution in [0.2, 0.25) is 0 Å². The lowest BCUT2D eigenvalue weighted by Gasteiger charge is -2.07. The molecule has 3 N–H and O–H groups in total. The van der Waals surface area contributed by atoms with Crippen LogP contribution in [-0.4, -0.2) is 28.2 Å². The number of aryl methyl sites for hydroxylation is 1. The van der Waals surface area contributed by atoms with Crippen molar-refractivity contribution in [3.8, 4) is 6.07 Å². The van der Waals surface area contributed by atoms with Gasteiger partial charge >= 0.3 is 13.1 Å². The van der Waals surface area contributed by atoms with Crippen molar-refractivity contribution < 1.29 is 19.9 Å². The number of nitriles is 1. The molecule has 0 saturated heterocycles. The Kier molecular flexibility index (Phi) is 3.09. The molecule has 1 aromatic rings. The van der Waals surface area contributed by atoms with Crippen molar-refractivity contribution in [3.63, 3.8) is 0 Å². The van der Waals surface area contributed by atoms with Gasteiger partial charge in [0, 0.05) is 0 Å². The summed E-state index contributed by atoms with van der Waals surface area (Å²) in [5.74, 6) is -1.35. The average Bonchev–Trinajstić information content (AvgIpc) is 2.15. The highest BCUT2D eigenvalue weighted by Crippen LogP contribution is 2.09. The molecule has 0 spiro atoms. The summed E-state index contributed by atoms with van der Waals surface area (Å²) in [5.41, 5.74) is -0.0117. The summed E-state index contributed by atoms with van der Waals surface area (Å²) in [4.78, 5) is 10.8. The van der Waals surface area contributed by atoms with Crippen molar-refractivity contribution in [2.24, 2.45) is 0 Å². The first-order valence-electron chi connectivity index (χ1n) is 4.11. The normalized spacial score (nSPS) is 9.47. The molecule has 0 aromatic heterocycles. The molecule has 0 unspecified atom stereocenters. The Morgan fingerprint density at radius 1 is 1.47 bits per heavy atom. The zero-order chi connectivity index (χ0) is 11.6. The lowest BCUT2D eigenvalue weighted by atomic mass is 9.75. The Balaban J connectivity index is 3.56. The number of rotatable bonds is 2. The molecule has 0 radical (unpaired) electrons.